The van der Waals surface area contributed by atoms with Gasteiger partial charge in [0.1, 0.15) is 0 Å². The van der Waals surface area contributed by atoms with Gasteiger partial charge in [-0.1, -0.05) is 11.8 Å². The minimum atomic E-state index is 0. The zero-order valence-electron chi connectivity index (χ0n) is 11.3. The van der Waals surface area contributed by atoms with Gasteiger partial charge in [0.15, 0.2) is 0 Å². The molecule has 0 bridgehead atoms. The van der Waals surface area contributed by atoms with Crippen molar-refractivity contribution in [1.82, 2.24) is 0 Å². The van der Waals surface area contributed by atoms with Gasteiger partial charge in [-0.2, -0.15) is 0 Å². The molecular weight excluding hydrogens is 363 g/mol. The first-order chi connectivity index (χ1) is 6.12. The van der Waals surface area contributed by atoms with Crippen LogP contribution >= 0.6 is 0 Å². The van der Waals surface area contributed by atoms with Gasteiger partial charge < -0.3 is 0 Å². The Kier molecular flexibility index (Phi) is 12.2. The summed E-state index contributed by atoms with van der Waals surface area (Å²) in [5.41, 5.74) is 0.378. The van der Waals surface area contributed by atoms with Gasteiger partial charge in [0, 0.05) is 31.9 Å². The van der Waals surface area contributed by atoms with Crippen LogP contribution < -0.4 is 0 Å². The van der Waals surface area contributed by atoms with Crippen molar-refractivity contribution in [2.24, 2.45) is 10.8 Å². The Morgan fingerprint density at radius 2 is 0.800 bits per heavy atom. The van der Waals surface area contributed by atoms with E-state index in [9.17, 15) is 0 Å². The van der Waals surface area contributed by atoms with Crippen molar-refractivity contribution in [1.29, 1.82) is 0 Å². The fourth-order valence-electron chi connectivity index (χ4n) is 0.750. The Bertz CT molecular complexity index is 222. The molecule has 0 spiro atoms. The minimum absolute atomic E-state index is 0. The van der Waals surface area contributed by atoms with Gasteiger partial charge in [0.05, 0.1) is 0 Å². The molecule has 0 aliphatic rings. The molecule has 0 unspecified atom stereocenters. The van der Waals surface area contributed by atoms with Crippen molar-refractivity contribution in [2.75, 3.05) is 0 Å². The van der Waals surface area contributed by atoms with E-state index in [0.29, 0.717) is 0 Å². The number of rotatable bonds is 0. The molecule has 0 atom stereocenters. The van der Waals surface area contributed by atoms with E-state index in [0.717, 1.165) is 0 Å². The molecule has 0 radical (unpaired) electrons. The molecule has 0 saturated carbocycles. The van der Waals surface area contributed by atoms with Crippen LogP contribution in [0.4, 0.5) is 0 Å². The molecular formula is C14H24Pt. The molecule has 0 N–H and O–H groups in total. The van der Waals surface area contributed by atoms with Gasteiger partial charge in [-0.05, 0) is 55.4 Å². The first-order valence-corrected chi connectivity index (χ1v) is 5.00. The summed E-state index contributed by atoms with van der Waals surface area (Å²) in [6.45, 7) is 16.3. The van der Waals surface area contributed by atoms with Crippen LogP contribution in [-0.2, 0) is 21.1 Å². The number of hydrogen-bond acceptors (Lipinski definition) is 0. The van der Waals surface area contributed by atoms with Crippen molar-refractivity contribution < 1.29 is 21.1 Å². The van der Waals surface area contributed by atoms with Crippen LogP contribution in [0.3, 0.4) is 0 Å². The second-order valence-corrected chi connectivity index (χ2v) is 5.25. The van der Waals surface area contributed by atoms with Gasteiger partial charge >= 0.3 is 0 Å². The van der Waals surface area contributed by atoms with Gasteiger partial charge in [-0.15, -0.1) is 11.8 Å². The quantitative estimate of drug-likeness (QED) is 0.549. The zero-order valence-corrected chi connectivity index (χ0v) is 13.6. The predicted molar refractivity (Wildman–Crippen MR) is 65.8 cm³/mol. The van der Waals surface area contributed by atoms with Crippen LogP contribution in [0.15, 0.2) is 0 Å². The third-order valence-corrected chi connectivity index (χ3v) is 1.00. The van der Waals surface area contributed by atoms with Gasteiger partial charge in [-0.25, -0.2) is 0 Å². The van der Waals surface area contributed by atoms with Crippen molar-refractivity contribution in [3.63, 3.8) is 0 Å². The summed E-state index contributed by atoms with van der Waals surface area (Å²) in [7, 11) is 0. The Morgan fingerprint density at radius 3 is 0.800 bits per heavy atom. The Labute approximate surface area is 111 Å². The molecule has 0 saturated heterocycles. The van der Waals surface area contributed by atoms with Crippen LogP contribution in [0.2, 0.25) is 0 Å². The largest absolute Gasteiger partial charge is 0.106 e. The maximum atomic E-state index is 3.03. The molecule has 0 amide bonds. The maximum Gasteiger partial charge on any atom is 0.0230 e. The fraction of sp³-hybridized carbons (Fsp3) is 0.714. The Hall–Kier alpha value is -0.192. The second-order valence-electron chi connectivity index (χ2n) is 5.25. The molecule has 0 aromatic heterocycles. The van der Waals surface area contributed by atoms with E-state index in [4.69, 9.17) is 0 Å². The van der Waals surface area contributed by atoms with Crippen molar-refractivity contribution in [3.05, 3.63) is 0 Å². The normalized spacial score (nSPS) is 9.07. The third kappa shape index (κ3) is 31.6. The van der Waals surface area contributed by atoms with E-state index in [1.165, 1.54) is 0 Å². The standard InChI is InChI=1S/2C7H12.Pt/c2*1-5-6-7(2,3)4;/h2*1-4H3;. The predicted octanol–water partition coefficient (Wildman–Crippen LogP) is 4.11. The topological polar surface area (TPSA) is 0 Å². The Balaban J connectivity index is -0.000000180. The summed E-state index contributed by atoms with van der Waals surface area (Å²) >= 11 is 0. The molecule has 0 heterocycles. The number of hydrogen-bond donors (Lipinski definition) is 0. The summed E-state index contributed by atoms with van der Waals surface area (Å²) in [5, 5.41) is 0. The van der Waals surface area contributed by atoms with E-state index in [1.807, 2.05) is 13.8 Å². The molecule has 0 aliphatic carbocycles. The van der Waals surface area contributed by atoms with E-state index < -0.39 is 0 Å². The van der Waals surface area contributed by atoms with Gasteiger partial charge in [0.2, 0.25) is 0 Å². The smallest absolute Gasteiger partial charge is 0.0230 e. The third-order valence-electron chi connectivity index (χ3n) is 1.00. The minimum Gasteiger partial charge on any atom is -0.106 e. The van der Waals surface area contributed by atoms with Crippen LogP contribution in [-0.4, -0.2) is 0 Å². The van der Waals surface area contributed by atoms with E-state index >= 15 is 0 Å². The van der Waals surface area contributed by atoms with Crippen LogP contribution in [0.1, 0.15) is 55.4 Å². The molecule has 0 aromatic carbocycles. The molecule has 0 fully saturated rings. The van der Waals surface area contributed by atoms with Crippen molar-refractivity contribution in [3.8, 4) is 23.7 Å². The summed E-state index contributed by atoms with van der Waals surface area (Å²) in [4.78, 5) is 0. The average Bonchev–Trinajstić information content (AvgIpc) is 1.81. The average molecular weight is 387 g/mol. The molecule has 90 valence electrons. The first kappa shape index (κ1) is 20.2. The Morgan fingerprint density at radius 1 is 0.600 bits per heavy atom. The van der Waals surface area contributed by atoms with Crippen LogP contribution in [0.5, 0.6) is 0 Å². The van der Waals surface area contributed by atoms with Crippen LogP contribution in [0.25, 0.3) is 0 Å². The summed E-state index contributed by atoms with van der Waals surface area (Å²) < 4.78 is 0. The summed E-state index contributed by atoms with van der Waals surface area (Å²) in [6.07, 6.45) is 0. The van der Waals surface area contributed by atoms with E-state index in [1.54, 1.807) is 0 Å². The summed E-state index contributed by atoms with van der Waals surface area (Å²) in [6, 6.07) is 0. The second kappa shape index (κ2) is 9.06. The van der Waals surface area contributed by atoms with Gasteiger partial charge in [0.25, 0.3) is 0 Å². The molecule has 1 heteroatoms. The fourth-order valence-corrected chi connectivity index (χ4v) is 0.750. The molecule has 0 rings (SSSR count). The molecule has 0 aromatic rings. The maximum absolute atomic E-state index is 3.03. The SMILES string of the molecule is CC#CC(C)(C)C.CC#CC(C)(C)C.[Pt]. The molecule has 0 nitrogen and oxygen atoms in total. The van der Waals surface area contributed by atoms with E-state index in [-0.39, 0.29) is 31.9 Å². The first-order valence-electron chi connectivity index (χ1n) is 5.00. The molecule has 15 heavy (non-hydrogen) atoms. The monoisotopic (exact) mass is 387 g/mol. The van der Waals surface area contributed by atoms with Gasteiger partial charge in [-0.3, -0.25) is 0 Å². The summed E-state index contributed by atoms with van der Waals surface area (Å²) in [5.74, 6) is 11.8. The van der Waals surface area contributed by atoms with E-state index in [2.05, 4.69) is 65.2 Å². The van der Waals surface area contributed by atoms with Crippen molar-refractivity contribution >= 4 is 0 Å². The molecule has 0 aliphatic heterocycles. The zero-order chi connectivity index (χ0) is 11.8. The van der Waals surface area contributed by atoms with Crippen LogP contribution in [0, 0.1) is 34.5 Å². The van der Waals surface area contributed by atoms with Crippen molar-refractivity contribution in [2.45, 2.75) is 55.4 Å².